The van der Waals surface area contributed by atoms with Crippen LogP contribution in [0.25, 0.3) is 95.6 Å². The summed E-state index contributed by atoms with van der Waals surface area (Å²) in [7, 11) is 0. The van der Waals surface area contributed by atoms with Crippen LogP contribution >= 0.6 is 0 Å². The minimum atomic E-state index is 0.520. The van der Waals surface area contributed by atoms with Gasteiger partial charge in [0.15, 0.2) is 23.3 Å². The second-order valence-electron chi connectivity index (χ2n) is 13.7. The first-order valence-electron chi connectivity index (χ1n) is 18.7. The van der Waals surface area contributed by atoms with Crippen molar-refractivity contribution in [1.82, 2.24) is 29.5 Å². The summed E-state index contributed by atoms with van der Waals surface area (Å²) >= 11 is 0. The average molecular weight is 730 g/mol. The Hall–Kier alpha value is -8.08. The molecule has 0 aliphatic rings. The Morgan fingerprint density at radius 3 is 1.42 bits per heavy atom. The third-order valence-electron chi connectivity index (χ3n) is 10.1. The zero-order chi connectivity index (χ0) is 38.1. The molecule has 0 fully saturated rings. The lowest BCUT2D eigenvalue weighted by atomic mass is 10.0. The van der Waals surface area contributed by atoms with Crippen molar-refractivity contribution < 1.29 is 0 Å². The molecule has 266 valence electrons. The number of aromatic nitrogens is 6. The van der Waals surface area contributed by atoms with Crippen molar-refractivity contribution in [3.63, 3.8) is 0 Å². The summed E-state index contributed by atoms with van der Waals surface area (Å²) in [6.45, 7) is 0. The van der Waals surface area contributed by atoms with Gasteiger partial charge in [-0.1, -0.05) is 146 Å². The zero-order valence-electron chi connectivity index (χ0n) is 30.5. The Bertz CT molecular complexity index is 3000. The van der Waals surface area contributed by atoms with Crippen molar-refractivity contribution in [2.24, 2.45) is 0 Å². The Morgan fingerprint density at radius 1 is 0.368 bits per heavy atom. The van der Waals surface area contributed by atoms with E-state index in [2.05, 4.69) is 59.2 Å². The smallest absolute Gasteiger partial charge is 0.164 e. The summed E-state index contributed by atoms with van der Waals surface area (Å²) in [6.07, 6.45) is 0. The molecule has 10 rings (SSSR count). The summed E-state index contributed by atoms with van der Waals surface area (Å²) in [5, 5.41) is 12.1. The van der Waals surface area contributed by atoms with Crippen LogP contribution in [0.1, 0.15) is 5.56 Å². The van der Waals surface area contributed by atoms with Gasteiger partial charge in [-0.3, -0.25) is 0 Å². The molecule has 0 aliphatic heterocycles. The number of nitrogens with zero attached hydrogens (tertiary/aromatic N) is 7. The highest BCUT2D eigenvalue weighted by atomic mass is 15.0. The Kier molecular flexibility index (Phi) is 8.40. The maximum atomic E-state index is 10.0. The molecule has 10 aromatic rings. The van der Waals surface area contributed by atoms with Crippen molar-refractivity contribution in [2.75, 3.05) is 0 Å². The number of nitriles is 1. The second-order valence-corrected chi connectivity index (χ2v) is 13.7. The minimum absolute atomic E-state index is 0.520. The highest BCUT2D eigenvalue weighted by molar-refractivity contribution is 6.10. The molecule has 3 aromatic heterocycles. The summed E-state index contributed by atoms with van der Waals surface area (Å²) < 4.78 is 2.21. The number of hydrogen-bond acceptors (Lipinski definition) is 6. The number of benzene rings is 7. The standard InChI is InChI=1S/C50H31N7/c51-32-33-25-27-40-39-23-13-14-24-44(39)57(46(40)29-33)45-28-26-38(49-55-47(36-19-9-3-10-20-36)54-48(56-49)37-21-11-4-12-22-37)30-41(45)50-52-42(34-15-5-1-6-16-34)31-43(53-50)35-17-7-2-8-18-35/h1-31H. The fourth-order valence-corrected chi connectivity index (χ4v) is 7.37. The third kappa shape index (κ3) is 6.27. The first-order chi connectivity index (χ1) is 28.2. The van der Waals surface area contributed by atoms with E-state index < -0.39 is 0 Å². The van der Waals surface area contributed by atoms with Gasteiger partial charge in [-0.2, -0.15) is 5.26 Å². The Balaban J connectivity index is 1.28. The summed E-state index contributed by atoms with van der Waals surface area (Å²) in [6, 6.07) is 65.1. The van der Waals surface area contributed by atoms with Gasteiger partial charge in [0.05, 0.1) is 39.7 Å². The van der Waals surface area contributed by atoms with Crippen LogP contribution in [0.2, 0.25) is 0 Å². The predicted molar refractivity (Wildman–Crippen MR) is 227 cm³/mol. The number of fused-ring (bicyclic) bond motifs is 3. The van der Waals surface area contributed by atoms with E-state index in [1.165, 1.54) is 0 Å². The molecule has 0 bridgehead atoms. The SMILES string of the molecule is N#Cc1ccc2c3ccccc3n(-c3ccc(-c4nc(-c5ccccc5)nc(-c5ccccc5)n4)cc3-c3nc(-c4ccccc4)cc(-c4ccccc4)n3)c2c1. The van der Waals surface area contributed by atoms with Gasteiger partial charge < -0.3 is 4.57 Å². The molecule has 0 atom stereocenters. The monoisotopic (exact) mass is 729 g/mol. The normalized spacial score (nSPS) is 11.1. The van der Waals surface area contributed by atoms with E-state index in [-0.39, 0.29) is 0 Å². The number of para-hydroxylation sites is 1. The molecular formula is C50H31N7. The van der Waals surface area contributed by atoms with Gasteiger partial charge in [0.25, 0.3) is 0 Å². The average Bonchev–Trinajstić information content (AvgIpc) is 3.63. The molecule has 3 heterocycles. The van der Waals surface area contributed by atoms with Crippen molar-refractivity contribution in [3.05, 3.63) is 194 Å². The molecule has 0 saturated carbocycles. The Labute approximate surface area is 328 Å². The first kappa shape index (κ1) is 33.5. The molecular weight excluding hydrogens is 699 g/mol. The molecule has 7 nitrogen and oxygen atoms in total. The number of rotatable bonds is 7. The van der Waals surface area contributed by atoms with E-state index >= 15 is 0 Å². The first-order valence-corrected chi connectivity index (χ1v) is 18.7. The van der Waals surface area contributed by atoms with E-state index in [0.717, 1.165) is 72.3 Å². The molecule has 0 amide bonds. The van der Waals surface area contributed by atoms with Gasteiger partial charge >= 0.3 is 0 Å². The van der Waals surface area contributed by atoms with Crippen molar-refractivity contribution in [2.45, 2.75) is 0 Å². The molecule has 0 aliphatic carbocycles. The van der Waals surface area contributed by atoms with Crippen LogP contribution in [0.15, 0.2) is 188 Å². The van der Waals surface area contributed by atoms with E-state index in [0.29, 0.717) is 28.9 Å². The molecule has 7 heteroatoms. The second kappa shape index (κ2) is 14.3. The predicted octanol–water partition coefficient (Wildman–Crippen LogP) is 11.6. The molecule has 0 N–H and O–H groups in total. The van der Waals surface area contributed by atoms with E-state index in [9.17, 15) is 5.26 Å². The minimum Gasteiger partial charge on any atom is -0.308 e. The zero-order valence-corrected chi connectivity index (χ0v) is 30.5. The third-order valence-corrected chi connectivity index (χ3v) is 10.1. The highest BCUT2D eigenvalue weighted by Crippen LogP contribution is 2.39. The lowest BCUT2D eigenvalue weighted by Crippen LogP contribution is -2.04. The van der Waals surface area contributed by atoms with Crippen LogP contribution in [0.4, 0.5) is 0 Å². The lowest BCUT2D eigenvalue weighted by molar-refractivity contribution is 1.07. The van der Waals surface area contributed by atoms with Gasteiger partial charge in [-0.15, -0.1) is 0 Å². The van der Waals surface area contributed by atoms with Crippen LogP contribution in [0.5, 0.6) is 0 Å². The molecule has 0 spiro atoms. The van der Waals surface area contributed by atoms with E-state index in [4.69, 9.17) is 24.9 Å². The molecule has 57 heavy (non-hydrogen) atoms. The number of hydrogen-bond donors (Lipinski definition) is 0. The van der Waals surface area contributed by atoms with Gasteiger partial charge in [-0.05, 0) is 42.5 Å². The Morgan fingerprint density at radius 2 is 0.860 bits per heavy atom. The highest BCUT2D eigenvalue weighted by Gasteiger charge is 2.21. The van der Waals surface area contributed by atoms with Crippen LogP contribution in [0, 0.1) is 11.3 Å². The maximum absolute atomic E-state index is 10.0. The maximum Gasteiger partial charge on any atom is 0.164 e. The van der Waals surface area contributed by atoms with Gasteiger partial charge in [0, 0.05) is 44.2 Å². The summed E-state index contributed by atoms with van der Waals surface area (Å²) in [4.78, 5) is 25.7. The lowest BCUT2D eigenvalue weighted by Gasteiger charge is -2.17. The van der Waals surface area contributed by atoms with E-state index in [1.54, 1.807) is 0 Å². The van der Waals surface area contributed by atoms with Gasteiger partial charge in [0.2, 0.25) is 0 Å². The van der Waals surface area contributed by atoms with Crippen molar-refractivity contribution in [1.29, 1.82) is 5.26 Å². The van der Waals surface area contributed by atoms with Crippen LogP contribution in [-0.4, -0.2) is 29.5 Å². The van der Waals surface area contributed by atoms with Crippen molar-refractivity contribution >= 4 is 21.8 Å². The largest absolute Gasteiger partial charge is 0.308 e. The topological polar surface area (TPSA) is 93.2 Å². The van der Waals surface area contributed by atoms with Gasteiger partial charge in [0.1, 0.15) is 0 Å². The van der Waals surface area contributed by atoms with Crippen LogP contribution in [0.3, 0.4) is 0 Å². The molecule has 7 aromatic carbocycles. The molecule has 0 radical (unpaired) electrons. The van der Waals surface area contributed by atoms with Crippen molar-refractivity contribution in [3.8, 4) is 79.8 Å². The van der Waals surface area contributed by atoms with Crippen LogP contribution in [-0.2, 0) is 0 Å². The molecule has 0 saturated heterocycles. The fraction of sp³-hybridized carbons (Fsp3) is 0. The quantitative estimate of drug-likeness (QED) is 0.162. The van der Waals surface area contributed by atoms with E-state index in [1.807, 2.05) is 140 Å². The molecule has 0 unspecified atom stereocenters. The summed E-state index contributed by atoms with van der Waals surface area (Å²) in [5.74, 6) is 2.21. The van der Waals surface area contributed by atoms with Gasteiger partial charge in [-0.25, -0.2) is 24.9 Å². The van der Waals surface area contributed by atoms with Crippen LogP contribution < -0.4 is 0 Å². The summed E-state index contributed by atoms with van der Waals surface area (Å²) in [5.41, 5.74) is 10.2. The fourth-order valence-electron chi connectivity index (χ4n) is 7.37.